The number of unbranched alkanes of at least 4 members (excludes halogenated alkanes) is 1. The molecule has 0 spiro atoms. The number of fused-ring (bicyclic) bond motifs is 1. The molecule has 2 aromatic carbocycles. The van der Waals surface area contributed by atoms with Gasteiger partial charge in [0.15, 0.2) is 20.2 Å². The van der Waals surface area contributed by atoms with E-state index in [4.69, 9.17) is 10.2 Å². The van der Waals surface area contributed by atoms with Crippen molar-refractivity contribution in [1.29, 1.82) is 0 Å². The van der Waals surface area contributed by atoms with E-state index in [1.54, 1.807) is 68.4 Å². The highest BCUT2D eigenvalue weighted by atomic mass is 32.2. The van der Waals surface area contributed by atoms with Crippen molar-refractivity contribution >= 4 is 32.6 Å². The van der Waals surface area contributed by atoms with E-state index < -0.39 is 38.1 Å². The van der Waals surface area contributed by atoms with Gasteiger partial charge in [0, 0.05) is 6.04 Å². The first-order chi connectivity index (χ1) is 16.1. The number of para-hydroxylation sites is 2. The zero-order chi connectivity index (χ0) is 24.9. The van der Waals surface area contributed by atoms with E-state index in [-0.39, 0.29) is 18.4 Å². The van der Waals surface area contributed by atoms with E-state index in [2.05, 4.69) is 10.3 Å². The number of hydrogen-bond donors (Lipinski definition) is 2. The number of oxazole rings is 1. The molecule has 0 bridgehead atoms. The van der Waals surface area contributed by atoms with Crippen LogP contribution in [-0.4, -0.2) is 41.9 Å². The molecule has 2 unspecified atom stereocenters. The maximum absolute atomic E-state index is 14.1. The molecular weight excluding hydrogens is 454 g/mol. The summed E-state index contributed by atoms with van der Waals surface area (Å²) >= 11 is 0. The third-order valence-corrected chi connectivity index (χ3v) is 8.23. The smallest absolute Gasteiger partial charge is 0.266 e. The number of nitrogens with one attached hydrogen (secondary N) is 1. The quantitative estimate of drug-likeness (QED) is 0.376. The van der Waals surface area contributed by atoms with Gasteiger partial charge in [0.2, 0.25) is 11.7 Å². The van der Waals surface area contributed by atoms with E-state index in [1.165, 1.54) is 0 Å². The normalized spacial score (nSPS) is 14.7. The minimum absolute atomic E-state index is 0.108. The van der Waals surface area contributed by atoms with Gasteiger partial charge in [-0.2, -0.15) is 0 Å². The molecule has 0 aliphatic carbocycles. The van der Waals surface area contributed by atoms with Crippen LogP contribution in [0.5, 0.6) is 0 Å². The molecule has 8 nitrogen and oxygen atoms in total. The molecule has 2 atom stereocenters. The number of amides is 1. The summed E-state index contributed by atoms with van der Waals surface area (Å²) in [5, 5.41) is 2.96. The number of carbonyl (C=O) groups is 2. The van der Waals surface area contributed by atoms with Gasteiger partial charge in [-0.05, 0) is 24.1 Å². The number of carbonyl (C=O) groups excluding carboxylic acids is 2. The fourth-order valence-corrected chi connectivity index (χ4v) is 6.41. The van der Waals surface area contributed by atoms with Crippen LogP contribution in [0.15, 0.2) is 59.0 Å². The predicted molar refractivity (Wildman–Crippen MR) is 131 cm³/mol. The first kappa shape index (κ1) is 25.6. The van der Waals surface area contributed by atoms with Gasteiger partial charge in [0.05, 0.1) is 5.75 Å². The van der Waals surface area contributed by atoms with E-state index in [0.29, 0.717) is 29.5 Å². The molecule has 1 amide bonds. The Hall–Kier alpha value is -3.04. The topological polar surface area (TPSA) is 132 Å². The van der Waals surface area contributed by atoms with Crippen LogP contribution in [0.2, 0.25) is 0 Å². The maximum atomic E-state index is 14.1. The summed E-state index contributed by atoms with van der Waals surface area (Å²) in [5.74, 6) is -2.59. The lowest BCUT2D eigenvalue weighted by atomic mass is 9.87. The average Bonchev–Trinajstić information content (AvgIpc) is 3.22. The Bertz CT molecular complexity index is 1220. The Morgan fingerprint density at radius 3 is 2.32 bits per heavy atom. The molecule has 1 aromatic heterocycles. The van der Waals surface area contributed by atoms with Gasteiger partial charge in [-0.25, -0.2) is 13.4 Å². The van der Waals surface area contributed by atoms with Crippen LogP contribution in [-0.2, 0) is 20.4 Å². The van der Waals surface area contributed by atoms with Crippen molar-refractivity contribution in [2.24, 2.45) is 5.73 Å². The molecule has 3 aromatic rings. The Balaban J connectivity index is 2.27. The number of hydrogen-bond acceptors (Lipinski definition) is 7. The Kier molecular flexibility index (Phi) is 7.89. The van der Waals surface area contributed by atoms with E-state index in [0.717, 1.165) is 0 Å². The zero-order valence-electron chi connectivity index (χ0n) is 19.7. The number of ketones is 1. The summed E-state index contributed by atoms with van der Waals surface area (Å²) in [6.07, 6.45) is 0.879. The molecule has 0 fully saturated rings. The molecule has 1 heterocycles. The summed E-state index contributed by atoms with van der Waals surface area (Å²) in [6, 6.07) is 13.5. The van der Waals surface area contributed by atoms with Crippen molar-refractivity contribution in [3.63, 3.8) is 0 Å². The van der Waals surface area contributed by atoms with Crippen molar-refractivity contribution in [2.45, 2.75) is 62.6 Å². The van der Waals surface area contributed by atoms with Crippen molar-refractivity contribution in [1.82, 2.24) is 10.3 Å². The summed E-state index contributed by atoms with van der Waals surface area (Å²) in [7, 11) is -4.30. The van der Waals surface area contributed by atoms with Gasteiger partial charge in [-0.1, -0.05) is 76.1 Å². The molecule has 182 valence electrons. The second kappa shape index (κ2) is 10.5. The van der Waals surface area contributed by atoms with Crippen LogP contribution in [0.4, 0.5) is 0 Å². The lowest BCUT2D eigenvalue weighted by molar-refractivity contribution is -0.120. The van der Waals surface area contributed by atoms with E-state index in [1.807, 2.05) is 6.92 Å². The molecule has 9 heteroatoms. The SMILES string of the molecule is CCCCC(C(=O)c1nc2ccccc2o1)(C(NC(C)C)C(N)=O)S(=O)(=O)Cc1ccccc1. The number of rotatable bonds is 12. The molecule has 0 aliphatic rings. The summed E-state index contributed by atoms with van der Waals surface area (Å²) < 4.78 is 31.8. The first-order valence-corrected chi connectivity index (χ1v) is 13.0. The second-order valence-electron chi connectivity index (χ2n) is 8.71. The van der Waals surface area contributed by atoms with Gasteiger partial charge >= 0.3 is 0 Å². The third kappa shape index (κ3) is 5.05. The number of benzene rings is 2. The third-order valence-electron chi connectivity index (χ3n) is 5.78. The maximum Gasteiger partial charge on any atom is 0.266 e. The first-order valence-electron chi connectivity index (χ1n) is 11.3. The van der Waals surface area contributed by atoms with Crippen LogP contribution in [0, 0.1) is 0 Å². The van der Waals surface area contributed by atoms with Crippen LogP contribution < -0.4 is 11.1 Å². The van der Waals surface area contributed by atoms with Crippen LogP contribution in [0.25, 0.3) is 11.1 Å². The van der Waals surface area contributed by atoms with Gasteiger partial charge < -0.3 is 15.5 Å². The lowest BCUT2D eigenvalue weighted by Crippen LogP contribution is -2.66. The zero-order valence-corrected chi connectivity index (χ0v) is 20.5. The van der Waals surface area contributed by atoms with E-state index >= 15 is 0 Å². The summed E-state index contributed by atoms with van der Waals surface area (Å²) in [4.78, 5) is 31.1. The van der Waals surface area contributed by atoms with Crippen LogP contribution >= 0.6 is 0 Å². The molecule has 0 saturated carbocycles. The highest BCUT2D eigenvalue weighted by Gasteiger charge is 2.59. The van der Waals surface area contributed by atoms with Crippen molar-refractivity contribution in [3.05, 3.63) is 66.1 Å². The van der Waals surface area contributed by atoms with Crippen molar-refractivity contribution < 1.29 is 22.4 Å². The largest absolute Gasteiger partial charge is 0.434 e. The average molecular weight is 486 g/mol. The molecular formula is C25H31N3O5S. The fourth-order valence-electron chi connectivity index (χ4n) is 4.16. The molecule has 3 N–H and O–H groups in total. The number of sulfone groups is 1. The van der Waals surface area contributed by atoms with Gasteiger partial charge in [-0.15, -0.1) is 0 Å². The minimum atomic E-state index is -4.30. The van der Waals surface area contributed by atoms with Gasteiger partial charge in [-0.3, -0.25) is 9.59 Å². The van der Waals surface area contributed by atoms with Gasteiger partial charge in [0.1, 0.15) is 11.6 Å². The Morgan fingerprint density at radius 2 is 1.74 bits per heavy atom. The number of nitrogens with zero attached hydrogens (tertiary/aromatic N) is 1. The summed E-state index contributed by atoms with van der Waals surface area (Å²) in [6.45, 7) is 5.40. The van der Waals surface area contributed by atoms with Gasteiger partial charge in [0.25, 0.3) is 5.89 Å². The monoisotopic (exact) mass is 485 g/mol. The van der Waals surface area contributed by atoms with Crippen molar-refractivity contribution in [3.8, 4) is 0 Å². The highest BCUT2D eigenvalue weighted by Crippen LogP contribution is 2.36. The minimum Gasteiger partial charge on any atom is -0.434 e. The Morgan fingerprint density at radius 1 is 1.09 bits per heavy atom. The number of primary amides is 1. The molecule has 3 rings (SSSR count). The highest BCUT2D eigenvalue weighted by molar-refractivity contribution is 7.93. The predicted octanol–water partition coefficient (Wildman–Crippen LogP) is 3.41. The summed E-state index contributed by atoms with van der Waals surface area (Å²) in [5.41, 5.74) is 7.03. The molecule has 34 heavy (non-hydrogen) atoms. The number of aromatic nitrogens is 1. The second-order valence-corrected chi connectivity index (χ2v) is 11.0. The van der Waals surface area contributed by atoms with Crippen LogP contribution in [0.1, 0.15) is 56.3 Å². The van der Waals surface area contributed by atoms with E-state index in [9.17, 15) is 18.0 Å². The number of Topliss-reactive ketones (excluding diaryl/α,β-unsaturated/α-hetero) is 1. The van der Waals surface area contributed by atoms with Crippen molar-refractivity contribution in [2.75, 3.05) is 0 Å². The fraction of sp³-hybridized carbons (Fsp3) is 0.400. The molecule has 0 aliphatic heterocycles. The number of nitrogens with two attached hydrogens (primary N) is 1. The Labute approximate surface area is 199 Å². The molecule has 0 saturated heterocycles. The standard InChI is InChI=1S/C25H31N3O5S/c1-4-5-15-25(21(23(26)30)27-17(2)3,34(31,32)16-18-11-7-6-8-12-18)22(29)24-28-19-13-9-10-14-20(19)33-24/h6-14,17,21,27H,4-5,15-16H2,1-3H3,(H2,26,30). The molecule has 0 radical (unpaired) electrons. The van der Waals surface area contributed by atoms with Crippen LogP contribution in [0.3, 0.4) is 0 Å². The lowest BCUT2D eigenvalue weighted by Gasteiger charge is -2.38.